The third kappa shape index (κ3) is 1.28. The van der Waals surface area contributed by atoms with Gasteiger partial charge in [0.1, 0.15) is 11.6 Å². The molecule has 0 amide bonds. The molecule has 0 bridgehead atoms. The van der Waals surface area contributed by atoms with Crippen LogP contribution in [0.4, 0.5) is 5.82 Å². The molecule has 2 N–H and O–H groups in total. The van der Waals surface area contributed by atoms with Crippen LogP contribution < -0.4 is 10.5 Å². The maximum absolute atomic E-state index is 5.68. The molecule has 0 aliphatic carbocycles. The van der Waals surface area contributed by atoms with E-state index in [4.69, 9.17) is 10.5 Å². The Bertz CT molecular complexity index is 440. The van der Waals surface area contributed by atoms with Crippen molar-refractivity contribution in [2.75, 3.05) is 12.8 Å². The minimum atomic E-state index is 0.524. The fourth-order valence-corrected chi connectivity index (χ4v) is 1.23. The molecule has 0 saturated heterocycles. The Morgan fingerprint density at radius 1 is 1.54 bits per heavy atom. The van der Waals surface area contributed by atoms with E-state index >= 15 is 0 Å². The number of pyridine rings is 1. The first kappa shape index (κ1) is 7.86. The first-order chi connectivity index (χ1) is 6.31. The third-order valence-corrected chi connectivity index (χ3v) is 1.92. The Morgan fingerprint density at radius 2 is 2.38 bits per heavy atom. The van der Waals surface area contributed by atoms with Crippen LogP contribution in [0, 0.1) is 6.07 Å². The van der Waals surface area contributed by atoms with Gasteiger partial charge in [0.2, 0.25) is 0 Å². The van der Waals surface area contributed by atoms with Crippen molar-refractivity contribution < 1.29 is 4.74 Å². The molecule has 0 unspecified atom stereocenters. The van der Waals surface area contributed by atoms with Crippen molar-refractivity contribution in [2.45, 2.75) is 0 Å². The second-order valence-corrected chi connectivity index (χ2v) is 2.70. The second kappa shape index (κ2) is 2.94. The van der Waals surface area contributed by atoms with E-state index in [0.717, 1.165) is 10.8 Å². The quantitative estimate of drug-likeness (QED) is 0.712. The van der Waals surface area contributed by atoms with E-state index in [2.05, 4.69) is 11.1 Å². The fourth-order valence-electron chi connectivity index (χ4n) is 1.23. The van der Waals surface area contributed by atoms with Crippen molar-refractivity contribution in [3.8, 4) is 5.75 Å². The second-order valence-electron chi connectivity index (χ2n) is 2.70. The average Bonchev–Trinajstić information content (AvgIpc) is 2.18. The molecule has 0 aliphatic rings. The van der Waals surface area contributed by atoms with Gasteiger partial charge in [0.05, 0.1) is 7.11 Å². The van der Waals surface area contributed by atoms with Gasteiger partial charge < -0.3 is 10.5 Å². The van der Waals surface area contributed by atoms with Crippen molar-refractivity contribution in [1.82, 2.24) is 4.98 Å². The van der Waals surface area contributed by atoms with E-state index < -0.39 is 0 Å². The number of aromatic nitrogens is 1. The molecule has 65 valence electrons. The molecular formula is C10H9N2O. The number of anilines is 1. The van der Waals surface area contributed by atoms with Gasteiger partial charge in [-0.1, -0.05) is 0 Å². The molecule has 1 heterocycles. The van der Waals surface area contributed by atoms with Gasteiger partial charge in [-0.3, -0.25) is 0 Å². The van der Waals surface area contributed by atoms with Crippen LogP contribution in [0.15, 0.2) is 24.4 Å². The Hall–Kier alpha value is -1.77. The molecule has 1 radical (unpaired) electrons. The number of nitrogens with two attached hydrogens (primary N) is 1. The summed E-state index contributed by atoms with van der Waals surface area (Å²) in [6.07, 6.45) is 1.68. The van der Waals surface area contributed by atoms with Crippen molar-refractivity contribution in [3.63, 3.8) is 0 Å². The summed E-state index contributed by atoms with van der Waals surface area (Å²) < 4.78 is 5.05. The summed E-state index contributed by atoms with van der Waals surface area (Å²) in [5, 5.41) is 1.92. The lowest BCUT2D eigenvalue weighted by Gasteiger charge is -2.02. The maximum atomic E-state index is 5.68. The lowest BCUT2D eigenvalue weighted by atomic mass is 10.1. The molecule has 3 nitrogen and oxygen atoms in total. The predicted octanol–water partition coefficient (Wildman–Crippen LogP) is 1.63. The summed E-state index contributed by atoms with van der Waals surface area (Å²) in [5.74, 6) is 1.23. The van der Waals surface area contributed by atoms with Crippen molar-refractivity contribution >= 4 is 16.6 Å². The van der Waals surface area contributed by atoms with Crippen LogP contribution in [-0.4, -0.2) is 12.1 Å². The highest BCUT2D eigenvalue weighted by Crippen LogP contribution is 2.22. The molecule has 3 heteroatoms. The number of rotatable bonds is 1. The van der Waals surface area contributed by atoms with Gasteiger partial charge in [-0.25, -0.2) is 4.98 Å². The smallest absolute Gasteiger partial charge is 0.131 e. The average molecular weight is 173 g/mol. The van der Waals surface area contributed by atoms with Crippen molar-refractivity contribution in [1.29, 1.82) is 0 Å². The van der Waals surface area contributed by atoms with Gasteiger partial charge >= 0.3 is 0 Å². The summed E-state index contributed by atoms with van der Waals surface area (Å²) in [5.41, 5.74) is 5.68. The lowest BCUT2D eigenvalue weighted by Crippen LogP contribution is -1.91. The Morgan fingerprint density at radius 3 is 3.15 bits per heavy atom. The number of hydrogen-bond acceptors (Lipinski definition) is 3. The maximum Gasteiger partial charge on any atom is 0.131 e. The molecule has 2 rings (SSSR count). The summed E-state index contributed by atoms with van der Waals surface area (Å²) in [6, 6.07) is 8.52. The highest BCUT2D eigenvalue weighted by atomic mass is 16.5. The molecule has 0 saturated carbocycles. The fraction of sp³-hybridized carbons (Fsp3) is 0.100. The van der Waals surface area contributed by atoms with Crippen LogP contribution in [0.5, 0.6) is 5.75 Å². The van der Waals surface area contributed by atoms with Crippen molar-refractivity contribution in [2.24, 2.45) is 0 Å². The first-order valence-corrected chi connectivity index (χ1v) is 3.91. The van der Waals surface area contributed by atoms with Crippen molar-refractivity contribution in [3.05, 3.63) is 30.5 Å². The number of methoxy groups -OCH3 is 1. The van der Waals surface area contributed by atoms with E-state index in [1.807, 2.05) is 12.1 Å². The standard InChI is InChI=1S/C10H9N2O/c1-13-8-2-3-9-7(6-8)4-5-12-10(9)11/h3-6H,1H3,(H2,11,12). The normalized spacial score (nSPS) is 10.2. The Balaban J connectivity index is 2.72. The van der Waals surface area contributed by atoms with E-state index in [0.29, 0.717) is 11.6 Å². The zero-order valence-corrected chi connectivity index (χ0v) is 7.24. The number of ether oxygens (including phenoxy) is 1. The minimum absolute atomic E-state index is 0.524. The van der Waals surface area contributed by atoms with Gasteiger partial charge in [0.15, 0.2) is 0 Å². The molecule has 1 aromatic carbocycles. The molecule has 0 spiro atoms. The van der Waals surface area contributed by atoms with Crippen LogP contribution in [0.3, 0.4) is 0 Å². The highest BCUT2D eigenvalue weighted by Gasteiger charge is 1.99. The largest absolute Gasteiger partial charge is 0.496 e. The Kier molecular flexibility index (Phi) is 1.77. The summed E-state index contributed by atoms with van der Waals surface area (Å²) in [4.78, 5) is 3.98. The monoisotopic (exact) mass is 173 g/mol. The number of nitrogen functional groups attached to an aromatic ring is 1. The van der Waals surface area contributed by atoms with Gasteiger partial charge in [-0.2, -0.15) is 0 Å². The summed E-state index contributed by atoms with van der Waals surface area (Å²) in [7, 11) is 1.61. The van der Waals surface area contributed by atoms with Crippen LogP contribution in [0.25, 0.3) is 10.8 Å². The van der Waals surface area contributed by atoms with Gasteiger partial charge in [-0.05, 0) is 23.6 Å². The lowest BCUT2D eigenvalue weighted by molar-refractivity contribution is 0.414. The highest BCUT2D eigenvalue weighted by molar-refractivity contribution is 5.91. The molecule has 0 aliphatic heterocycles. The molecule has 13 heavy (non-hydrogen) atoms. The first-order valence-electron chi connectivity index (χ1n) is 3.91. The number of benzene rings is 1. The number of hydrogen-bond donors (Lipinski definition) is 1. The summed E-state index contributed by atoms with van der Waals surface area (Å²) >= 11 is 0. The zero-order valence-electron chi connectivity index (χ0n) is 7.24. The van der Waals surface area contributed by atoms with E-state index in [9.17, 15) is 0 Å². The van der Waals surface area contributed by atoms with Gasteiger partial charge in [-0.15, -0.1) is 0 Å². The van der Waals surface area contributed by atoms with Crippen LogP contribution in [-0.2, 0) is 0 Å². The molecule has 0 atom stereocenters. The predicted molar refractivity (Wildman–Crippen MR) is 51.5 cm³/mol. The minimum Gasteiger partial charge on any atom is -0.496 e. The molecule has 0 fully saturated rings. The van der Waals surface area contributed by atoms with Gasteiger partial charge in [0.25, 0.3) is 0 Å². The van der Waals surface area contributed by atoms with E-state index in [-0.39, 0.29) is 0 Å². The Labute approximate surface area is 76.2 Å². The third-order valence-electron chi connectivity index (χ3n) is 1.92. The van der Waals surface area contributed by atoms with E-state index in [1.54, 1.807) is 19.4 Å². The SMILES string of the molecule is COc1[c]cc2c(N)nccc2c1. The number of nitrogens with zero attached hydrogens (tertiary/aromatic N) is 1. The van der Waals surface area contributed by atoms with Gasteiger partial charge in [0, 0.05) is 17.6 Å². The van der Waals surface area contributed by atoms with E-state index in [1.165, 1.54) is 0 Å². The topological polar surface area (TPSA) is 48.1 Å². The summed E-state index contributed by atoms with van der Waals surface area (Å²) in [6.45, 7) is 0. The van der Waals surface area contributed by atoms with Crippen LogP contribution in [0.1, 0.15) is 0 Å². The van der Waals surface area contributed by atoms with Crippen LogP contribution in [0.2, 0.25) is 0 Å². The molecule has 2 aromatic rings. The molecular weight excluding hydrogens is 164 g/mol. The zero-order chi connectivity index (χ0) is 9.26. The molecule has 1 aromatic heterocycles. The number of fused-ring (bicyclic) bond motifs is 1. The van der Waals surface area contributed by atoms with Crippen LogP contribution >= 0.6 is 0 Å².